The maximum Gasteiger partial charge on any atom is 0.0540 e. The Bertz CT molecular complexity index is 2600. The standard InChI is InChI=1S/C52H43N/c1-35(2)43-23-15-24-48-51(43)45-31-30-42(34-49(45)52(48,3)4)53(50-25-14-13-22-44(50)36-16-7-5-8-17-36)41-28-26-38(27-29-41)47-33-40-21-12-11-20-39(40)32-46(47)37-18-9-6-10-19-37/h5-35H,1-4H3. The number of nitrogens with zero attached hydrogens (tertiary/aromatic N) is 1. The SMILES string of the molecule is CC(C)c1cccc2c1-c1ccc(N(c3ccc(-c4cc5ccccc5cc4-c4ccccc4)cc3)c3ccccc3-c3ccccc3)cc1C2(C)C. The fraction of sp³-hybridized carbons (Fsp3) is 0.115. The smallest absolute Gasteiger partial charge is 0.0540 e. The highest BCUT2D eigenvalue weighted by Crippen LogP contribution is 2.53. The van der Waals surface area contributed by atoms with Crippen molar-refractivity contribution in [2.24, 2.45) is 0 Å². The van der Waals surface area contributed by atoms with Gasteiger partial charge in [-0.05, 0) is 115 Å². The Morgan fingerprint density at radius 1 is 0.415 bits per heavy atom. The van der Waals surface area contributed by atoms with Gasteiger partial charge in [-0.25, -0.2) is 0 Å². The number of hydrogen-bond acceptors (Lipinski definition) is 1. The van der Waals surface area contributed by atoms with Gasteiger partial charge in [0.25, 0.3) is 0 Å². The van der Waals surface area contributed by atoms with E-state index in [9.17, 15) is 0 Å². The highest BCUT2D eigenvalue weighted by molar-refractivity contribution is 5.97. The lowest BCUT2D eigenvalue weighted by molar-refractivity contribution is 0.659. The van der Waals surface area contributed by atoms with E-state index in [2.05, 4.69) is 215 Å². The second-order valence-electron chi connectivity index (χ2n) is 15.2. The van der Waals surface area contributed by atoms with E-state index in [-0.39, 0.29) is 5.41 Å². The van der Waals surface area contributed by atoms with E-state index in [0.717, 1.165) is 17.1 Å². The van der Waals surface area contributed by atoms with E-state index < -0.39 is 0 Å². The average molecular weight is 682 g/mol. The number of hydrogen-bond donors (Lipinski definition) is 0. The largest absolute Gasteiger partial charge is 0.310 e. The minimum Gasteiger partial charge on any atom is -0.310 e. The van der Waals surface area contributed by atoms with E-state index in [0.29, 0.717) is 5.92 Å². The van der Waals surface area contributed by atoms with E-state index in [1.165, 1.54) is 72.0 Å². The fourth-order valence-electron chi connectivity index (χ4n) is 8.51. The molecule has 1 aliphatic rings. The molecule has 0 heterocycles. The average Bonchev–Trinajstić information content (AvgIpc) is 3.44. The first-order chi connectivity index (χ1) is 25.9. The molecule has 8 aromatic rings. The maximum absolute atomic E-state index is 2.45. The molecule has 0 atom stereocenters. The molecule has 1 nitrogen and oxygen atoms in total. The van der Waals surface area contributed by atoms with Crippen LogP contribution in [0.25, 0.3) is 55.3 Å². The van der Waals surface area contributed by atoms with Crippen LogP contribution in [-0.2, 0) is 5.41 Å². The molecular weight excluding hydrogens is 639 g/mol. The fourth-order valence-corrected chi connectivity index (χ4v) is 8.51. The van der Waals surface area contributed by atoms with Crippen LogP contribution in [0.2, 0.25) is 0 Å². The predicted molar refractivity (Wildman–Crippen MR) is 227 cm³/mol. The number of fused-ring (bicyclic) bond motifs is 4. The topological polar surface area (TPSA) is 3.24 Å². The third kappa shape index (κ3) is 5.65. The van der Waals surface area contributed by atoms with Crippen LogP contribution in [0.15, 0.2) is 182 Å². The Labute approximate surface area is 313 Å². The van der Waals surface area contributed by atoms with Gasteiger partial charge in [0.1, 0.15) is 0 Å². The molecule has 9 rings (SSSR count). The lowest BCUT2D eigenvalue weighted by atomic mass is 9.81. The summed E-state index contributed by atoms with van der Waals surface area (Å²) < 4.78 is 0. The van der Waals surface area contributed by atoms with Gasteiger partial charge >= 0.3 is 0 Å². The molecule has 53 heavy (non-hydrogen) atoms. The van der Waals surface area contributed by atoms with Gasteiger partial charge in [0.05, 0.1) is 5.69 Å². The molecule has 0 unspecified atom stereocenters. The molecule has 0 N–H and O–H groups in total. The van der Waals surface area contributed by atoms with Crippen molar-refractivity contribution in [3.8, 4) is 44.5 Å². The summed E-state index contributed by atoms with van der Waals surface area (Å²) in [6, 6.07) is 66.9. The Balaban J connectivity index is 1.22. The third-order valence-corrected chi connectivity index (χ3v) is 11.2. The van der Waals surface area contributed by atoms with Crippen LogP contribution in [0.4, 0.5) is 17.1 Å². The van der Waals surface area contributed by atoms with E-state index in [1.54, 1.807) is 0 Å². The lowest BCUT2D eigenvalue weighted by Crippen LogP contribution is -2.17. The summed E-state index contributed by atoms with van der Waals surface area (Å²) in [5.74, 6) is 0.448. The number of rotatable bonds is 7. The number of anilines is 3. The molecule has 8 aromatic carbocycles. The van der Waals surface area contributed by atoms with Crippen LogP contribution < -0.4 is 4.90 Å². The van der Waals surface area contributed by atoms with Crippen LogP contribution in [0.5, 0.6) is 0 Å². The molecule has 0 saturated carbocycles. The van der Waals surface area contributed by atoms with Crippen LogP contribution in [0, 0.1) is 0 Å². The zero-order chi connectivity index (χ0) is 36.1. The zero-order valence-corrected chi connectivity index (χ0v) is 30.8. The van der Waals surface area contributed by atoms with Crippen molar-refractivity contribution >= 4 is 27.8 Å². The molecule has 0 spiro atoms. The quantitative estimate of drug-likeness (QED) is 0.162. The molecule has 0 amide bonds. The van der Waals surface area contributed by atoms with Crippen molar-refractivity contribution in [3.05, 3.63) is 199 Å². The van der Waals surface area contributed by atoms with Crippen LogP contribution in [0.1, 0.15) is 50.3 Å². The van der Waals surface area contributed by atoms with Crippen LogP contribution in [0.3, 0.4) is 0 Å². The number of para-hydroxylation sites is 1. The minimum atomic E-state index is -0.121. The molecule has 0 radical (unpaired) electrons. The van der Waals surface area contributed by atoms with E-state index >= 15 is 0 Å². The predicted octanol–water partition coefficient (Wildman–Crippen LogP) is 14.7. The molecule has 1 heteroatoms. The monoisotopic (exact) mass is 681 g/mol. The highest BCUT2D eigenvalue weighted by Gasteiger charge is 2.37. The molecule has 256 valence electrons. The highest BCUT2D eigenvalue weighted by atomic mass is 15.1. The first kappa shape index (κ1) is 32.7. The summed E-state index contributed by atoms with van der Waals surface area (Å²) in [7, 11) is 0. The van der Waals surface area contributed by atoms with Gasteiger partial charge in [-0.3, -0.25) is 0 Å². The minimum absolute atomic E-state index is 0.121. The molecule has 1 aliphatic carbocycles. The first-order valence-electron chi connectivity index (χ1n) is 18.8. The summed E-state index contributed by atoms with van der Waals surface area (Å²) in [5.41, 5.74) is 17.6. The van der Waals surface area contributed by atoms with Gasteiger partial charge in [-0.15, -0.1) is 0 Å². The third-order valence-electron chi connectivity index (χ3n) is 11.2. The molecule has 0 fully saturated rings. The summed E-state index contributed by atoms with van der Waals surface area (Å²) in [5, 5.41) is 2.49. The van der Waals surface area contributed by atoms with E-state index in [4.69, 9.17) is 0 Å². The molecule has 0 saturated heterocycles. The Morgan fingerprint density at radius 2 is 0.962 bits per heavy atom. The van der Waals surface area contributed by atoms with Gasteiger partial charge in [0.2, 0.25) is 0 Å². The maximum atomic E-state index is 2.45. The normalized spacial score (nSPS) is 12.8. The van der Waals surface area contributed by atoms with Crippen LogP contribution >= 0.6 is 0 Å². The second kappa shape index (κ2) is 13.1. The lowest BCUT2D eigenvalue weighted by Gasteiger charge is -2.30. The molecular formula is C52H43N. The summed E-state index contributed by atoms with van der Waals surface area (Å²) in [4.78, 5) is 2.45. The first-order valence-corrected chi connectivity index (χ1v) is 18.8. The Kier molecular flexibility index (Phi) is 8.09. The van der Waals surface area contributed by atoms with Crippen molar-refractivity contribution in [2.45, 2.75) is 39.0 Å². The van der Waals surface area contributed by atoms with Gasteiger partial charge in [-0.1, -0.05) is 167 Å². The Hall–Kier alpha value is -6.18. The van der Waals surface area contributed by atoms with Gasteiger partial charge in [-0.2, -0.15) is 0 Å². The van der Waals surface area contributed by atoms with Gasteiger partial charge < -0.3 is 4.90 Å². The van der Waals surface area contributed by atoms with Crippen molar-refractivity contribution in [3.63, 3.8) is 0 Å². The Morgan fingerprint density at radius 3 is 1.60 bits per heavy atom. The van der Waals surface area contributed by atoms with Gasteiger partial charge in [0.15, 0.2) is 0 Å². The molecule has 0 bridgehead atoms. The van der Waals surface area contributed by atoms with Gasteiger partial charge in [0, 0.05) is 22.4 Å². The van der Waals surface area contributed by atoms with Crippen LogP contribution in [-0.4, -0.2) is 0 Å². The molecule has 0 aromatic heterocycles. The van der Waals surface area contributed by atoms with E-state index in [1.807, 2.05) is 0 Å². The molecule has 0 aliphatic heterocycles. The van der Waals surface area contributed by atoms with Crippen molar-refractivity contribution < 1.29 is 0 Å². The summed E-state index contributed by atoms with van der Waals surface area (Å²) in [6.07, 6.45) is 0. The zero-order valence-electron chi connectivity index (χ0n) is 30.8. The van der Waals surface area contributed by atoms with Crippen molar-refractivity contribution in [1.82, 2.24) is 0 Å². The summed E-state index contributed by atoms with van der Waals surface area (Å²) in [6.45, 7) is 9.39. The number of benzene rings is 8. The van der Waals surface area contributed by atoms with Crippen molar-refractivity contribution in [1.29, 1.82) is 0 Å². The second-order valence-corrected chi connectivity index (χ2v) is 15.2. The summed E-state index contributed by atoms with van der Waals surface area (Å²) >= 11 is 0. The van der Waals surface area contributed by atoms with Crippen molar-refractivity contribution in [2.75, 3.05) is 4.90 Å².